The van der Waals surface area contributed by atoms with Crippen LogP contribution in [0.25, 0.3) is 20.9 Å². The van der Waals surface area contributed by atoms with Gasteiger partial charge in [0.25, 0.3) is 0 Å². The van der Waals surface area contributed by atoms with E-state index in [4.69, 9.17) is 10.1 Å². The predicted octanol–water partition coefficient (Wildman–Crippen LogP) is 5.48. The molecule has 0 amide bonds. The highest BCUT2D eigenvalue weighted by Gasteiger charge is 2.57. The number of likely N-dealkylation sites (tertiary alicyclic amines) is 1. The van der Waals surface area contributed by atoms with Crippen molar-refractivity contribution in [3.8, 4) is 10.6 Å². The minimum absolute atomic E-state index is 0.0398. The van der Waals surface area contributed by atoms with Gasteiger partial charge in [0.15, 0.2) is 0 Å². The van der Waals surface area contributed by atoms with Crippen LogP contribution in [0.5, 0.6) is 0 Å². The van der Waals surface area contributed by atoms with Gasteiger partial charge in [-0.05, 0) is 55.0 Å². The Morgan fingerprint density at radius 2 is 1.94 bits per heavy atom. The van der Waals surface area contributed by atoms with Gasteiger partial charge in [-0.2, -0.15) is 0 Å². The number of fused-ring (bicyclic) bond motifs is 1. The van der Waals surface area contributed by atoms with Crippen molar-refractivity contribution >= 4 is 27.7 Å². The number of thiazole rings is 1. The number of carboxylic acid groups (broad SMARTS) is 1. The fourth-order valence-electron chi connectivity index (χ4n) is 5.58. The standard InChI is InChI=1S/C25H24F3N3O2S/c26-18-9-14(11-31-12-15(13-31)23(32)33)1-2-17(18)21-29-19-3-4-20(30-22(19)34-21)24(7-8-24)16-5-6-25(27,28)10-16/h1-4,9,15-16H,5-8,10-13H2,(H,32,33). The molecule has 1 unspecified atom stereocenters. The molecule has 2 saturated carbocycles. The van der Waals surface area contributed by atoms with Gasteiger partial charge >= 0.3 is 5.97 Å². The molecule has 2 aromatic heterocycles. The third kappa shape index (κ3) is 3.79. The SMILES string of the molecule is O=C(O)C1CN(Cc2ccc(-c3nc4ccc(C5(C6CCC(F)(F)C6)CC5)nc4s3)c(F)c2)C1. The summed E-state index contributed by atoms with van der Waals surface area (Å²) in [4.78, 5) is 23.0. The summed E-state index contributed by atoms with van der Waals surface area (Å²) < 4.78 is 42.6. The van der Waals surface area contributed by atoms with Gasteiger partial charge in [0.2, 0.25) is 5.92 Å². The second-order valence-electron chi connectivity index (χ2n) is 10.0. The molecule has 2 aliphatic carbocycles. The van der Waals surface area contributed by atoms with Gasteiger partial charge in [0, 0.05) is 49.1 Å². The monoisotopic (exact) mass is 487 g/mol. The van der Waals surface area contributed by atoms with Crippen LogP contribution < -0.4 is 0 Å². The number of nitrogens with zero attached hydrogens (tertiary/aromatic N) is 3. The maximum absolute atomic E-state index is 15.0. The van der Waals surface area contributed by atoms with Crippen LogP contribution in [0.3, 0.4) is 0 Å². The van der Waals surface area contributed by atoms with Gasteiger partial charge < -0.3 is 5.11 Å². The molecule has 0 bridgehead atoms. The fraction of sp³-hybridized carbons (Fsp3) is 0.480. The van der Waals surface area contributed by atoms with Crippen molar-refractivity contribution in [1.29, 1.82) is 0 Å². The topological polar surface area (TPSA) is 66.3 Å². The number of halogens is 3. The van der Waals surface area contributed by atoms with Crippen molar-refractivity contribution in [2.24, 2.45) is 11.8 Å². The Hall–Kier alpha value is -2.52. The normalized spacial score (nSPS) is 23.8. The summed E-state index contributed by atoms with van der Waals surface area (Å²) in [6, 6.07) is 8.82. The number of aliphatic carboxylic acids is 1. The summed E-state index contributed by atoms with van der Waals surface area (Å²) in [7, 11) is 0. The summed E-state index contributed by atoms with van der Waals surface area (Å²) in [6.45, 7) is 1.46. The van der Waals surface area contributed by atoms with Crippen LogP contribution in [0.4, 0.5) is 13.2 Å². The van der Waals surface area contributed by atoms with Gasteiger partial charge in [-0.25, -0.2) is 23.1 Å². The molecule has 1 saturated heterocycles. The van der Waals surface area contributed by atoms with Gasteiger partial charge in [-0.15, -0.1) is 0 Å². The molecule has 1 aliphatic heterocycles. The average molecular weight is 488 g/mol. The first-order valence-corrected chi connectivity index (χ1v) is 12.4. The number of benzene rings is 1. The molecule has 3 aliphatic rings. The van der Waals surface area contributed by atoms with Crippen LogP contribution in [0, 0.1) is 17.7 Å². The van der Waals surface area contributed by atoms with Crippen molar-refractivity contribution in [2.45, 2.75) is 50.0 Å². The van der Waals surface area contributed by atoms with Crippen LogP contribution in [0.2, 0.25) is 0 Å². The highest BCUT2D eigenvalue weighted by Crippen LogP contribution is 2.60. The lowest BCUT2D eigenvalue weighted by Gasteiger charge is -2.36. The number of carbonyl (C=O) groups is 1. The third-order valence-corrected chi connectivity index (χ3v) is 8.71. The molecule has 0 radical (unpaired) electrons. The second-order valence-corrected chi connectivity index (χ2v) is 11.0. The maximum Gasteiger partial charge on any atom is 0.309 e. The third-order valence-electron chi connectivity index (χ3n) is 7.72. The molecule has 3 fully saturated rings. The lowest BCUT2D eigenvalue weighted by atomic mass is 9.84. The molecular weight excluding hydrogens is 463 g/mol. The van der Waals surface area contributed by atoms with Crippen molar-refractivity contribution < 1.29 is 23.1 Å². The molecule has 178 valence electrons. The molecular formula is C25H24F3N3O2S. The quantitative estimate of drug-likeness (QED) is 0.499. The lowest BCUT2D eigenvalue weighted by Crippen LogP contribution is -2.49. The van der Waals surface area contributed by atoms with E-state index in [1.165, 1.54) is 17.4 Å². The van der Waals surface area contributed by atoms with E-state index in [1.54, 1.807) is 6.07 Å². The Kier molecular flexibility index (Phi) is 5.01. The molecule has 1 N–H and O–H groups in total. The highest BCUT2D eigenvalue weighted by molar-refractivity contribution is 7.21. The van der Waals surface area contributed by atoms with E-state index in [1.807, 2.05) is 23.1 Å². The summed E-state index contributed by atoms with van der Waals surface area (Å²) >= 11 is 1.32. The molecule has 3 aromatic rings. The Labute approximate surface area is 198 Å². The Bertz CT molecular complexity index is 1280. The summed E-state index contributed by atoms with van der Waals surface area (Å²) in [5, 5.41) is 9.53. The Morgan fingerprint density at radius 1 is 1.15 bits per heavy atom. The molecule has 9 heteroatoms. The molecule has 3 heterocycles. The van der Waals surface area contributed by atoms with Gasteiger partial charge in [-0.1, -0.05) is 17.4 Å². The number of carboxylic acids is 1. The van der Waals surface area contributed by atoms with E-state index in [-0.39, 0.29) is 35.9 Å². The number of hydrogen-bond donors (Lipinski definition) is 1. The number of rotatable bonds is 6. The molecule has 34 heavy (non-hydrogen) atoms. The van der Waals surface area contributed by atoms with Crippen LogP contribution in [0.15, 0.2) is 30.3 Å². The number of aromatic nitrogens is 2. The molecule has 0 spiro atoms. The van der Waals surface area contributed by atoms with E-state index in [9.17, 15) is 18.0 Å². The van der Waals surface area contributed by atoms with Gasteiger partial charge in [-0.3, -0.25) is 9.69 Å². The average Bonchev–Trinajstić information content (AvgIpc) is 3.32. The van der Waals surface area contributed by atoms with Crippen molar-refractivity contribution in [2.75, 3.05) is 13.1 Å². The number of alkyl halides is 2. The number of hydrogen-bond acceptors (Lipinski definition) is 5. The van der Waals surface area contributed by atoms with Crippen LogP contribution >= 0.6 is 11.3 Å². The van der Waals surface area contributed by atoms with E-state index in [0.29, 0.717) is 47.0 Å². The van der Waals surface area contributed by atoms with Gasteiger partial charge in [0.1, 0.15) is 21.2 Å². The second kappa shape index (κ2) is 7.75. The first-order valence-electron chi connectivity index (χ1n) is 11.6. The zero-order valence-corrected chi connectivity index (χ0v) is 19.3. The minimum atomic E-state index is -2.57. The predicted molar refractivity (Wildman–Crippen MR) is 122 cm³/mol. The summed E-state index contributed by atoms with van der Waals surface area (Å²) in [6.07, 6.45) is 2.20. The molecule has 6 rings (SSSR count). The zero-order valence-electron chi connectivity index (χ0n) is 18.4. The minimum Gasteiger partial charge on any atom is -0.481 e. The van der Waals surface area contributed by atoms with Gasteiger partial charge in [0.05, 0.1) is 5.92 Å². The highest BCUT2D eigenvalue weighted by atomic mass is 32.1. The summed E-state index contributed by atoms with van der Waals surface area (Å²) in [5.41, 5.74) is 2.48. The van der Waals surface area contributed by atoms with E-state index in [2.05, 4.69) is 4.98 Å². The molecule has 5 nitrogen and oxygen atoms in total. The van der Waals surface area contributed by atoms with Crippen LogP contribution in [-0.2, 0) is 16.8 Å². The zero-order chi connectivity index (χ0) is 23.7. The maximum atomic E-state index is 15.0. The largest absolute Gasteiger partial charge is 0.481 e. The van der Waals surface area contributed by atoms with E-state index < -0.39 is 11.9 Å². The molecule has 1 aromatic carbocycles. The van der Waals surface area contributed by atoms with Crippen molar-refractivity contribution in [3.63, 3.8) is 0 Å². The first kappa shape index (κ1) is 22.0. The Balaban J connectivity index is 1.22. The van der Waals surface area contributed by atoms with Crippen molar-refractivity contribution in [1.82, 2.24) is 14.9 Å². The smallest absolute Gasteiger partial charge is 0.309 e. The first-order chi connectivity index (χ1) is 16.2. The Morgan fingerprint density at radius 3 is 2.59 bits per heavy atom. The number of pyridine rings is 1. The summed E-state index contributed by atoms with van der Waals surface area (Å²) in [5.74, 6) is -4.12. The fourth-order valence-corrected chi connectivity index (χ4v) is 6.55. The van der Waals surface area contributed by atoms with Crippen LogP contribution in [-0.4, -0.2) is 45.0 Å². The van der Waals surface area contributed by atoms with Crippen molar-refractivity contribution in [3.05, 3.63) is 47.4 Å². The molecule has 1 atom stereocenters. The van der Waals surface area contributed by atoms with E-state index >= 15 is 0 Å². The van der Waals surface area contributed by atoms with Crippen LogP contribution in [0.1, 0.15) is 43.4 Å². The van der Waals surface area contributed by atoms with E-state index in [0.717, 1.165) is 24.1 Å². The lowest BCUT2D eigenvalue weighted by molar-refractivity contribution is -0.147.